The molecular weight excluding hydrogens is 76.1 g/mol. The molecule has 2 nitrogen and oxygen atoms in total. The summed E-state index contributed by atoms with van der Waals surface area (Å²) >= 11 is 0. The van der Waals surface area contributed by atoms with Crippen molar-refractivity contribution in [3.63, 3.8) is 0 Å². The summed E-state index contributed by atoms with van der Waals surface area (Å²) in [5.41, 5.74) is 3.48. The van der Waals surface area contributed by atoms with Gasteiger partial charge in [-0.15, -0.1) is 0 Å². The van der Waals surface area contributed by atoms with E-state index >= 15 is 0 Å². The van der Waals surface area contributed by atoms with Gasteiger partial charge in [-0.05, 0) is 0 Å². The van der Waals surface area contributed by atoms with E-state index in [1.165, 1.54) is 0 Å². The third kappa shape index (κ3) is 0.373. The van der Waals surface area contributed by atoms with Gasteiger partial charge < -0.3 is 0 Å². The molecule has 0 aromatic heterocycles. The SMILES string of the molecule is [C-]#[N+]C1([NH3+])CC1. The van der Waals surface area contributed by atoms with Gasteiger partial charge in [0.15, 0.2) is 0 Å². The highest BCUT2D eigenvalue weighted by Crippen LogP contribution is 2.30. The van der Waals surface area contributed by atoms with Crippen LogP contribution < -0.4 is 5.73 Å². The monoisotopic (exact) mass is 83.1 g/mol. The zero-order valence-electron chi connectivity index (χ0n) is 3.57. The predicted molar refractivity (Wildman–Crippen MR) is 21.5 cm³/mol. The summed E-state index contributed by atoms with van der Waals surface area (Å²) in [6.45, 7) is 6.48. The molecule has 1 rings (SSSR count). The summed E-state index contributed by atoms with van der Waals surface area (Å²) in [6, 6.07) is 0. The van der Waals surface area contributed by atoms with Crippen LogP contribution in [-0.4, -0.2) is 5.66 Å². The van der Waals surface area contributed by atoms with Crippen molar-refractivity contribution in [2.24, 2.45) is 0 Å². The van der Waals surface area contributed by atoms with Crippen LogP contribution in [0.4, 0.5) is 0 Å². The maximum absolute atomic E-state index is 6.48. The van der Waals surface area contributed by atoms with E-state index in [-0.39, 0.29) is 5.66 Å². The first kappa shape index (κ1) is 3.63. The second-order valence-corrected chi connectivity index (χ2v) is 1.84. The van der Waals surface area contributed by atoms with Gasteiger partial charge in [-0.3, -0.25) is 10.6 Å². The Labute approximate surface area is 36.8 Å². The van der Waals surface area contributed by atoms with Gasteiger partial charge >= 0.3 is 5.66 Å². The van der Waals surface area contributed by atoms with E-state index in [0.29, 0.717) is 0 Å². The number of quaternary nitrogens is 1. The Bertz CT molecular complexity index is 96.6. The molecule has 0 spiro atoms. The van der Waals surface area contributed by atoms with Crippen LogP contribution in [0.25, 0.3) is 4.85 Å². The smallest absolute Gasteiger partial charge is 0.286 e. The first-order chi connectivity index (χ1) is 2.77. The number of hydrogen-bond acceptors (Lipinski definition) is 0. The molecule has 1 saturated carbocycles. The van der Waals surface area contributed by atoms with Crippen LogP contribution in [0.5, 0.6) is 0 Å². The summed E-state index contributed by atoms with van der Waals surface area (Å²) in [5.74, 6) is 0. The molecule has 32 valence electrons. The topological polar surface area (TPSA) is 32.0 Å². The largest absolute Gasteiger partial charge is 0.352 e. The van der Waals surface area contributed by atoms with Crippen molar-refractivity contribution in [2.45, 2.75) is 18.5 Å². The van der Waals surface area contributed by atoms with E-state index in [2.05, 4.69) is 10.6 Å². The van der Waals surface area contributed by atoms with E-state index in [9.17, 15) is 0 Å². The summed E-state index contributed by atoms with van der Waals surface area (Å²) in [7, 11) is 0. The molecule has 0 radical (unpaired) electrons. The fourth-order valence-corrected chi connectivity index (χ4v) is 0.256. The quantitative estimate of drug-likeness (QED) is 0.388. The zero-order valence-corrected chi connectivity index (χ0v) is 3.57. The molecule has 0 aromatic carbocycles. The maximum Gasteiger partial charge on any atom is 0.352 e. The number of hydrogen-bond donors (Lipinski definition) is 1. The minimum Gasteiger partial charge on any atom is -0.286 e. The molecule has 6 heavy (non-hydrogen) atoms. The Morgan fingerprint density at radius 3 is 2.17 bits per heavy atom. The number of nitrogens with zero attached hydrogens (tertiary/aromatic N) is 1. The Morgan fingerprint density at radius 2 is 2.17 bits per heavy atom. The first-order valence-corrected chi connectivity index (χ1v) is 2.01. The van der Waals surface area contributed by atoms with Gasteiger partial charge in [0.25, 0.3) is 0 Å². The molecule has 0 aliphatic heterocycles. The summed E-state index contributed by atoms with van der Waals surface area (Å²) in [6.07, 6.45) is 2.02. The lowest BCUT2D eigenvalue weighted by Crippen LogP contribution is -2.61. The van der Waals surface area contributed by atoms with Gasteiger partial charge in [0.2, 0.25) is 0 Å². The van der Waals surface area contributed by atoms with Gasteiger partial charge in [-0.1, -0.05) is 0 Å². The zero-order chi connectivity index (χ0) is 4.62. The molecule has 1 aliphatic carbocycles. The first-order valence-electron chi connectivity index (χ1n) is 2.01. The van der Waals surface area contributed by atoms with Crippen molar-refractivity contribution in [2.75, 3.05) is 0 Å². The van der Waals surface area contributed by atoms with E-state index in [4.69, 9.17) is 6.57 Å². The fraction of sp³-hybridized carbons (Fsp3) is 0.750. The van der Waals surface area contributed by atoms with Crippen LogP contribution in [0.3, 0.4) is 0 Å². The maximum atomic E-state index is 6.48. The lowest BCUT2D eigenvalue weighted by Gasteiger charge is -1.78. The Hall–Kier alpha value is -0.550. The molecule has 2 heteroatoms. The van der Waals surface area contributed by atoms with E-state index in [1.807, 2.05) is 0 Å². The highest BCUT2D eigenvalue weighted by molar-refractivity contribution is 4.98. The molecule has 0 atom stereocenters. The summed E-state index contributed by atoms with van der Waals surface area (Å²) in [4.78, 5) is 3.27. The fourth-order valence-electron chi connectivity index (χ4n) is 0.256. The molecule has 0 unspecified atom stereocenters. The third-order valence-electron chi connectivity index (χ3n) is 1.06. The number of rotatable bonds is 0. The van der Waals surface area contributed by atoms with E-state index < -0.39 is 0 Å². The average Bonchev–Trinajstić information content (AvgIpc) is 2.22. The molecule has 0 saturated heterocycles. The molecule has 1 fully saturated rings. The normalized spacial score (nSPS) is 25.3. The standard InChI is InChI=1S/C4H6N2/c1-6-4(5)2-3-4/h2-3,5H2/p+1. The molecule has 0 bridgehead atoms. The van der Waals surface area contributed by atoms with Crippen LogP contribution in [0, 0.1) is 6.57 Å². The van der Waals surface area contributed by atoms with Crippen molar-refractivity contribution in [3.05, 3.63) is 11.4 Å². The minimum atomic E-state index is -0.167. The van der Waals surface area contributed by atoms with Gasteiger partial charge in [0.1, 0.15) is 0 Å². The van der Waals surface area contributed by atoms with Crippen molar-refractivity contribution >= 4 is 0 Å². The van der Waals surface area contributed by atoms with E-state index in [1.54, 1.807) is 0 Å². The van der Waals surface area contributed by atoms with Crippen molar-refractivity contribution in [3.8, 4) is 0 Å². The lowest BCUT2D eigenvalue weighted by molar-refractivity contribution is -0.421. The second-order valence-electron chi connectivity index (χ2n) is 1.84. The molecule has 0 heterocycles. The van der Waals surface area contributed by atoms with Gasteiger partial charge in [0, 0.05) is 0 Å². The Kier molecular flexibility index (Phi) is 0.449. The molecule has 1 aliphatic rings. The van der Waals surface area contributed by atoms with Crippen molar-refractivity contribution in [1.82, 2.24) is 0 Å². The predicted octanol–water partition coefficient (Wildman–Crippen LogP) is -0.362. The molecular formula is C4H7N2+. The van der Waals surface area contributed by atoms with Gasteiger partial charge in [-0.2, -0.15) is 0 Å². The summed E-state index contributed by atoms with van der Waals surface area (Å²) < 4.78 is 0. The van der Waals surface area contributed by atoms with E-state index in [0.717, 1.165) is 12.8 Å². The highest BCUT2D eigenvalue weighted by atomic mass is 15.0. The molecule has 0 amide bonds. The average molecular weight is 83.1 g/mol. The second kappa shape index (κ2) is 0.742. The van der Waals surface area contributed by atoms with Crippen LogP contribution >= 0.6 is 0 Å². The highest BCUT2D eigenvalue weighted by Gasteiger charge is 2.51. The van der Waals surface area contributed by atoms with Crippen molar-refractivity contribution < 1.29 is 5.73 Å². The molecule has 0 aromatic rings. The third-order valence-corrected chi connectivity index (χ3v) is 1.06. The van der Waals surface area contributed by atoms with Gasteiger partial charge in [-0.25, -0.2) is 6.57 Å². The van der Waals surface area contributed by atoms with Crippen LogP contribution in [-0.2, 0) is 0 Å². The van der Waals surface area contributed by atoms with Crippen LogP contribution in [0.15, 0.2) is 0 Å². The van der Waals surface area contributed by atoms with Crippen LogP contribution in [0.2, 0.25) is 0 Å². The lowest BCUT2D eigenvalue weighted by atomic mass is 10.6. The minimum absolute atomic E-state index is 0.167. The Balaban J connectivity index is 2.54. The Morgan fingerprint density at radius 1 is 1.67 bits per heavy atom. The van der Waals surface area contributed by atoms with Crippen molar-refractivity contribution in [1.29, 1.82) is 0 Å². The summed E-state index contributed by atoms with van der Waals surface area (Å²) in [5, 5.41) is 0. The molecule has 3 N–H and O–H groups in total. The van der Waals surface area contributed by atoms with Gasteiger partial charge in [0.05, 0.1) is 12.8 Å². The van der Waals surface area contributed by atoms with Crippen LogP contribution in [0.1, 0.15) is 12.8 Å².